The summed E-state index contributed by atoms with van der Waals surface area (Å²) in [6.07, 6.45) is 30.7. The Kier molecular flexibility index (Phi) is 27.4. The summed E-state index contributed by atoms with van der Waals surface area (Å²) in [5, 5.41) is 0. The first kappa shape index (κ1) is 61.7. The van der Waals surface area contributed by atoms with Crippen LogP contribution in [0, 0.1) is 23.7 Å². The molecule has 4 atom stereocenters. The average molecular weight is 957 g/mol. The summed E-state index contributed by atoms with van der Waals surface area (Å²) in [4.78, 5) is 61.4. The van der Waals surface area contributed by atoms with Gasteiger partial charge in [0.05, 0.1) is 23.7 Å². The molecule has 0 saturated heterocycles. The van der Waals surface area contributed by atoms with Gasteiger partial charge in [-0.25, -0.2) is 0 Å². The number of rotatable bonds is 36. The van der Waals surface area contributed by atoms with E-state index in [0.29, 0.717) is 48.0 Å². The van der Waals surface area contributed by atoms with Crippen LogP contribution in [0.3, 0.4) is 0 Å². The fourth-order valence-electron chi connectivity index (χ4n) is 9.25. The molecule has 0 bridgehead atoms. The minimum absolute atomic E-state index is 0.205. The topological polar surface area (TPSA) is 105 Å². The molecule has 8 heteroatoms. The molecule has 70 heavy (non-hydrogen) atoms. The summed E-state index contributed by atoms with van der Waals surface area (Å²) in [7, 11) is 0. The van der Waals surface area contributed by atoms with Crippen molar-refractivity contribution in [2.45, 2.75) is 140 Å². The van der Waals surface area contributed by atoms with Gasteiger partial charge in [0.15, 0.2) is 0 Å². The summed E-state index contributed by atoms with van der Waals surface area (Å²) >= 11 is 0. The van der Waals surface area contributed by atoms with Gasteiger partial charge < -0.3 is 18.9 Å². The van der Waals surface area contributed by atoms with Gasteiger partial charge >= 0.3 is 23.9 Å². The normalized spacial score (nSPS) is 18.1. The molecule has 0 amide bonds. The van der Waals surface area contributed by atoms with Crippen LogP contribution in [-0.4, -0.2) is 46.3 Å². The molecule has 1 fully saturated rings. The number of ether oxygens (including phenoxy) is 4. The second kappa shape index (κ2) is 31.0. The van der Waals surface area contributed by atoms with Crippen molar-refractivity contribution in [1.82, 2.24) is 0 Å². The lowest BCUT2D eigenvalue weighted by Crippen LogP contribution is -2.52. The first-order valence-electron chi connectivity index (χ1n) is 24.3. The first-order valence-corrected chi connectivity index (χ1v) is 24.3. The molecule has 4 unspecified atom stereocenters. The second-order valence-electron chi connectivity index (χ2n) is 18.1. The van der Waals surface area contributed by atoms with Crippen LogP contribution in [0.1, 0.15) is 118 Å². The molecule has 0 aromatic heterocycles. The van der Waals surface area contributed by atoms with E-state index >= 15 is 19.2 Å². The average Bonchev–Trinajstić information content (AvgIpc) is 3.33. The van der Waals surface area contributed by atoms with Crippen molar-refractivity contribution in [1.29, 1.82) is 0 Å². The highest BCUT2D eigenvalue weighted by Gasteiger charge is 2.55. The smallest absolute Gasteiger partial charge is 0.310 e. The maximum Gasteiger partial charge on any atom is 0.310 e. The molecule has 380 valence electrons. The van der Waals surface area contributed by atoms with Gasteiger partial charge in [-0.1, -0.05) is 97.2 Å². The lowest BCUT2D eigenvalue weighted by molar-refractivity contribution is -0.189. The molecule has 0 heterocycles. The van der Waals surface area contributed by atoms with Crippen LogP contribution in [0.25, 0.3) is 0 Å². The molecule has 0 aliphatic heterocycles. The highest BCUT2D eigenvalue weighted by atomic mass is 16.6. The molecule has 1 aliphatic carbocycles. The van der Waals surface area contributed by atoms with E-state index in [2.05, 4.69) is 78.9 Å². The van der Waals surface area contributed by atoms with E-state index < -0.39 is 70.0 Å². The Labute approximate surface area is 422 Å². The fraction of sp³-hybridized carbons (Fsp3) is 0.419. The zero-order chi connectivity index (χ0) is 53.0. The number of carbonyl (C=O) groups excluding carboxylic acids is 4. The van der Waals surface area contributed by atoms with Crippen molar-refractivity contribution in [3.63, 3.8) is 0 Å². The van der Waals surface area contributed by atoms with E-state index in [-0.39, 0.29) is 64.2 Å². The van der Waals surface area contributed by atoms with E-state index in [0.717, 1.165) is 0 Å². The quantitative estimate of drug-likeness (QED) is 0.0347. The Hall–Kier alpha value is -6.28. The van der Waals surface area contributed by atoms with Crippen molar-refractivity contribution in [3.05, 3.63) is 198 Å². The number of allylic oxidation sites excluding steroid dienone is 8. The SMILES string of the molecule is C=CC/C=C(\C)C(CC=C)(CC=C)OC(=O)C1CC(C(=O)OC(CC=C)(CC=C)/C(C)=C/CC=C)C(C(=O)OC(CC=C)(CC=C)/C(C)=C/CC=C)CC1C(=O)OC(CC=C)(CC=C)/C(C)=C/CC=C. The van der Waals surface area contributed by atoms with Crippen LogP contribution >= 0.6 is 0 Å². The maximum absolute atomic E-state index is 15.3. The monoisotopic (exact) mass is 957 g/mol. The Morgan fingerprint density at radius 1 is 0.329 bits per heavy atom. The Bertz CT molecular complexity index is 1730. The van der Waals surface area contributed by atoms with Crippen LogP contribution in [0.2, 0.25) is 0 Å². The number of hydrogen-bond donors (Lipinski definition) is 0. The summed E-state index contributed by atoms with van der Waals surface area (Å²) in [5.74, 6) is -8.43. The van der Waals surface area contributed by atoms with E-state index in [1.165, 1.54) is 0 Å². The Morgan fingerprint density at radius 2 is 0.486 bits per heavy atom. The van der Waals surface area contributed by atoms with Crippen LogP contribution in [-0.2, 0) is 38.1 Å². The molecule has 0 spiro atoms. The standard InChI is InChI=1S/C62H84O8/c1-17-29-33-47(13)59(37-21-5,38-22-6)67-55(63)51-45-53(57(65)69-61(41-25-9,42-26-10)49(15)35-31-19-3)54(58(66)70-62(43-27-11,44-28-12)50(16)36-32-20-4)46-52(51)56(64)68-60(39-23-7,40-24-8)48(14)34-30-18-2/h17-28,33-36,51-54H,1-12,29-32,37-46H2,13-16H3/b47-33+,48-34+,49-35+,50-36+. The van der Waals surface area contributed by atoms with Crippen LogP contribution in [0.15, 0.2) is 198 Å². The van der Waals surface area contributed by atoms with E-state index in [9.17, 15) is 0 Å². The van der Waals surface area contributed by atoms with Crippen LogP contribution in [0.4, 0.5) is 0 Å². The number of esters is 4. The molecule has 1 saturated carbocycles. The zero-order valence-electron chi connectivity index (χ0n) is 43.2. The minimum atomic E-state index is -1.33. The lowest BCUT2D eigenvalue weighted by atomic mass is 9.67. The largest absolute Gasteiger partial charge is 0.454 e. The third-order valence-corrected chi connectivity index (χ3v) is 13.4. The first-order chi connectivity index (χ1) is 33.4. The van der Waals surface area contributed by atoms with E-state index in [1.807, 2.05) is 52.0 Å². The molecular weight excluding hydrogens is 873 g/mol. The van der Waals surface area contributed by atoms with Gasteiger partial charge in [-0.15, -0.1) is 78.9 Å². The lowest BCUT2D eigenvalue weighted by Gasteiger charge is -2.43. The third kappa shape index (κ3) is 16.4. The zero-order valence-corrected chi connectivity index (χ0v) is 43.2. The molecule has 1 aliphatic rings. The van der Waals surface area contributed by atoms with Gasteiger partial charge in [-0.2, -0.15) is 0 Å². The summed E-state index contributed by atoms with van der Waals surface area (Å²) in [5.41, 5.74) is -2.18. The van der Waals surface area contributed by atoms with Crippen molar-refractivity contribution in [3.8, 4) is 0 Å². The van der Waals surface area contributed by atoms with Gasteiger partial charge in [0.1, 0.15) is 22.4 Å². The molecule has 0 aromatic carbocycles. The van der Waals surface area contributed by atoms with Crippen molar-refractivity contribution < 1.29 is 38.1 Å². The number of carbonyl (C=O) groups is 4. The summed E-state index contributed by atoms with van der Waals surface area (Å²) in [6.45, 7) is 54.7. The molecule has 8 nitrogen and oxygen atoms in total. The maximum atomic E-state index is 15.3. The van der Waals surface area contributed by atoms with Gasteiger partial charge in [0.2, 0.25) is 0 Å². The molecule has 0 aromatic rings. The van der Waals surface area contributed by atoms with Crippen LogP contribution in [0.5, 0.6) is 0 Å². The minimum Gasteiger partial charge on any atom is -0.454 e. The molecule has 0 radical (unpaired) electrons. The van der Waals surface area contributed by atoms with Gasteiger partial charge in [-0.05, 0) is 88.5 Å². The van der Waals surface area contributed by atoms with Crippen molar-refractivity contribution in [2.24, 2.45) is 23.7 Å². The Morgan fingerprint density at radius 3 is 0.614 bits per heavy atom. The Balaban J connectivity index is 4.60. The third-order valence-electron chi connectivity index (χ3n) is 13.4. The van der Waals surface area contributed by atoms with E-state index in [4.69, 9.17) is 18.9 Å². The highest BCUT2D eigenvalue weighted by molar-refractivity contribution is 5.88. The van der Waals surface area contributed by atoms with E-state index in [1.54, 1.807) is 72.9 Å². The van der Waals surface area contributed by atoms with Gasteiger partial charge in [0, 0.05) is 51.4 Å². The van der Waals surface area contributed by atoms with Crippen molar-refractivity contribution >= 4 is 23.9 Å². The van der Waals surface area contributed by atoms with Crippen LogP contribution < -0.4 is 0 Å². The molecular formula is C62H84O8. The summed E-state index contributed by atoms with van der Waals surface area (Å²) in [6, 6.07) is 0. The molecule has 0 N–H and O–H groups in total. The predicted molar refractivity (Wildman–Crippen MR) is 291 cm³/mol. The molecule has 1 rings (SSSR count). The van der Waals surface area contributed by atoms with Gasteiger partial charge in [-0.3, -0.25) is 19.2 Å². The fourth-order valence-corrected chi connectivity index (χ4v) is 9.25. The number of hydrogen-bond acceptors (Lipinski definition) is 8. The summed E-state index contributed by atoms with van der Waals surface area (Å²) < 4.78 is 26.5. The van der Waals surface area contributed by atoms with Crippen molar-refractivity contribution in [2.75, 3.05) is 0 Å². The highest BCUT2D eigenvalue weighted by Crippen LogP contribution is 2.47. The predicted octanol–water partition coefficient (Wildman–Crippen LogP) is 15.1. The second-order valence-corrected chi connectivity index (χ2v) is 18.1. The van der Waals surface area contributed by atoms with Gasteiger partial charge in [0.25, 0.3) is 0 Å².